The van der Waals surface area contributed by atoms with Gasteiger partial charge in [-0.05, 0) is 60.4 Å². The van der Waals surface area contributed by atoms with Crippen LogP contribution in [0.15, 0.2) is 77.5 Å². The highest BCUT2D eigenvalue weighted by molar-refractivity contribution is 5.62. The first-order valence-electron chi connectivity index (χ1n) is 9.03. The Hall–Kier alpha value is -3.67. The summed E-state index contributed by atoms with van der Waals surface area (Å²) >= 11 is 0. The Bertz CT molecular complexity index is 1030. The normalized spacial score (nSPS) is 10.6. The van der Waals surface area contributed by atoms with E-state index in [4.69, 9.17) is 9.15 Å². The van der Waals surface area contributed by atoms with E-state index in [2.05, 4.69) is 20.5 Å². The molecule has 4 aromatic rings. The lowest BCUT2D eigenvalue weighted by molar-refractivity contribution is 0.414. The highest BCUT2D eigenvalue weighted by Crippen LogP contribution is 2.29. The zero-order valence-electron chi connectivity index (χ0n) is 15.5. The third-order valence-electron chi connectivity index (χ3n) is 4.43. The Balaban J connectivity index is 1.59. The van der Waals surface area contributed by atoms with Crippen molar-refractivity contribution in [3.63, 3.8) is 0 Å². The topological polar surface area (TPSA) is 73.1 Å². The van der Waals surface area contributed by atoms with Gasteiger partial charge < -0.3 is 14.5 Å². The number of methoxy groups -OCH3 is 1. The van der Waals surface area contributed by atoms with Crippen molar-refractivity contribution in [2.75, 3.05) is 12.4 Å². The summed E-state index contributed by atoms with van der Waals surface area (Å²) in [5.74, 6) is 1.21. The molecule has 4 rings (SSSR count). The number of hydrogen-bond donors (Lipinski definition) is 1. The first kappa shape index (κ1) is 17.7. The van der Waals surface area contributed by atoms with Gasteiger partial charge >= 0.3 is 6.01 Å². The van der Waals surface area contributed by atoms with Crippen LogP contribution in [0.25, 0.3) is 11.5 Å². The molecule has 2 heterocycles. The molecule has 0 fully saturated rings. The number of hydrogen-bond acceptors (Lipinski definition) is 6. The minimum Gasteiger partial charge on any atom is -0.497 e. The Morgan fingerprint density at radius 1 is 0.929 bits per heavy atom. The van der Waals surface area contributed by atoms with Gasteiger partial charge in [0, 0.05) is 23.6 Å². The molecule has 0 spiro atoms. The van der Waals surface area contributed by atoms with Gasteiger partial charge in [-0.25, -0.2) is 0 Å². The Morgan fingerprint density at radius 2 is 1.75 bits per heavy atom. The monoisotopic (exact) mass is 372 g/mol. The molecule has 0 amide bonds. The molecule has 6 heteroatoms. The van der Waals surface area contributed by atoms with E-state index < -0.39 is 0 Å². The van der Waals surface area contributed by atoms with Gasteiger partial charge in [0.1, 0.15) is 5.75 Å². The molecule has 2 aromatic heterocycles. The van der Waals surface area contributed by atoms with Crippen molar-refractivity contribution < 1.29 is 9.15 Å². The zero-order chi connectivity index (χ0) is 19.2. The van der Waals surface area contributed by atoms with Gasteiger partial charge in [-0.2, -0.15) is 0 Å². The van der Waals surface area contributed by atoms with E-state index in [0.29, 0.717) is 11.9 Å². The van der Waals surface area contributed by atoms with Crippen molar-refractivity contribution in [3.05, 3.63) is 84.2 Å². The van der Waals surface area contributed by atoms with Crippen molar-refractivity contribution in [1.82, 2.24) is 15.2 Å². The van der Waals surface area contributed by atoms with E-state index in [1.54, 1.807) is 7.11 Å². The van der Waals surface area contributed by atoms with Crippen LogP contribution in [-0.2, 0) is 12.8 Å². The summed E-state index contributed by atoms with van der Waals surface area (Å²) in [6.07, 6.45) is 5.35. The lowest BCUT2D eigenvalue weighted by Crippen LogP contribution is -1.96. The Kier molecular flexibility index (Phi) is 5.29. The largest absolute Gasteiger partial charge is 0.497 e. The summed E-state index contributed by atoms with van der Waals surface area (Å²) < 4.78 is 11.2. The quantitative estimate of drug-likeness (QED) is 0.508. The molecule has 1 N–H and O–H groups in total. The molecule has 0 aliphatic heterocycles. The van der Waals surface area contributed by atoms with Crippen molar-refractivity contribution in [1.29, 1.82) is 0 Å². The second kappa shape index (κ2) is 8.35. The fourth-order valence-corrected chi connectivity index (χ4v) is 2.96. The van der Waals surface area contributed by atoms with Crippen LogP contribution in [0.2, 0.25) is 0 Å². The first-order valence-corrected chi connectivity index (χ1v) is 9.03. The summed E-state index contributed by atoms with van der Waals surface area (Å²) in [5.41, 5.74) is 4.12. The van der Waals surface area contributed by atoms with E-state index >= 15 is 0 Å². The molecule has 0 bridgehead atoms. The smallest absolute Gasteiger partial charge is 0.320 e. The second-order valence-electron chi connectivity index (χ2n) is 6.28. The van der Waals surface area contributed by atoms with E-state index in [0.717, 1.165) is 35.4 Å². The molecule has 0 saturated carbocycles. The highest BCUT2D eigenvalue weighted by atomic mass is 16.5. The second-order valence-corrected chi connectivity index (χ2v) is 6.28. The molecule has 2 aromatic carbocycles. The SMILES string of the molecule is COc1ccc(CCc2ccncc2)c(-c2nnc(Nc3ccccc3)o2)c1. The minimum atomic E-state index is 0.351. The predicted molar refractivity (Wildman–Crippen MR) is 108 cm³/mol. The molecule has 0 radical (unpaired) electrons. The van der Waals surface area contributed by atoms with Crippen molar-refractivity contribution >= 4 is 11.7 Å². The van der Waals surface area contributed by atoms with Crippen LogP contribution in [-0.4, -0.2) is 22.3 Å². The van der Waals surface area contributed by atoms with Crippen LogP contribution in [0.3, 0.4) is 0 Å². The molecule has 140 valence electrons. The van der Waals surface area contributed by atoms with Crippen molar-refractivity contribution in [2.24, 2.45) is 0 Å². The van der Waals surface area contributed by atoms with Crippen LogP contribution in [0, 0.1) is 0 Å². The highest BCUT2D eigenvalue weighted by Gasteiger charge is 2.14. The van der Waals surface area contributed by atoms with Gasteiger partial charge in [0.15, 0.2) is 0 Å². The van der Waals surface area contributed by atoms with Gasteiger partial charge in [-0.3, -0.25) is 4.98 Å². The average molecular weight is 372 g/mol. The zero-order valence-corrected chi connectivity index (χ0v) is 15.5. The van der Waals surface area contributed by atoms with E-state index in [1.165, 1.54) is 5.56 Å². The molecule has 0 atom stereocenters. The van der Waals surface area contributed by atoms with Crippen LogP contribution in [0.4, 0.5) is 11.7 Å². The lowest BCUT2D eigenvalue weighted by Gasteiger charge is -2.09. The van der Waals surface area contributed by atoms with Crippen LogP contribution >= 0.6 is 0 Å². The fourth-order valence-electron chi connectivity index (χ4n) is 2.96. The fraction of sp³-hybridized carbons (Fsp3) is 0.136. The average Bonchev–Trinajstić information content (AvgIpc) is 3.22. The molecule has 0 unspecified atom stereocenters. The maximum atomic E-state index is 5.87. The van der Waals surface area contributed by atoms with E-state index in [1.807, 2.05) is 73.1 Å². The number of ether oxygens (including phenoxy) is 1. The Labute approximate surface area is 163 Å². The minimum absolute atomic E-state index is 0.351. The third-order valence-corrected chi connectivity index (χ3v) is 4.43. The number of benzene rings is 2. The summed E-state index contributed by atoms with van der Waals surface area (Å²) in [4.78, 5) is 4.07. The number of nitrogens with one attached hydrogen (secondary N) is 1. The number of anilines is 2. The molecular formula is C22H20N4O2. The molecule has 0 aliphatic rings. The van der Waals surface area contributed by atoms with Gasteiger partial charge in [-0.15, -0.1) is 5.10 Å². The number of pyridine rings is 1. The maximum absolute atomic E-state index is 5.87. The summed E-state index contributed by atoms with van der Waals surface area (Å²) in [5, 5.41) is 11.5. The lowest BCUT2D eigenvalue weighted by atomic mass is 10.00. The van der Waals surface area contributed by atoms with Crippen LogP contribution < -0.4 is 10.1 Å². The van der Waals surface area contributed by atoms with Gasteiger partial charge in [-0.1, -0.05) is 29.4 Å². The number of rotatable bonds is 7. The molecule has 28 heavy (non-hydrogen) atoms. The van der Waals surface area contributed by atoms with Crippen LogP contribution in [0.1, 0.15) is 11.1 Å². The summed E-state index contributed by atoms with van der Waals surface area (Å²) in [7, 11) is 1.64. The van der Waals surface area contributed by atoms with Crippen molar-refractivity contribution in [3.8, 4) is 17.2 Å². The van der Waals surface area contributed by atoms with E-state index in [9.17, 15) is 0 Å². The third kappa shape index (κ3) is 4.17. The molecule has 0 saturated heterocycles. The first-order chi connectivity index (χ1) is 13.8. The number of para-hydroxylation sites is 1. The number of aromatic nitrogens is 3. The van der Waals surface area contributed by atoms with Gasteiger partial charge in [0.2, 0.25) is 5.89 Å². The molecule has 0 aliphatic carbocycles. The van der Waals surface area contributed by atoms with Crippen LogP contribution in [0.5, 0.6) is 5.75 Å². The molecular weight excluding hydrogens is 352 g/mol. The summed E-state index contributed by atoms with van der Waals surface area (Å²) in [6, 6.07) is 20.1. The molecule has 6 nitrogen and oxygen atoms in total. The number of aryl methyl sites for hydroxylation is 2. The predicted octanol–water partition coefficient (Wildman–Crippen LogP) is 4.67. The van der Waals surface area contributed by atoms with E-state index in [-0.39, 0.29) is 0 Å². The van der Waals surface area contributed by atoms with Crippen molar-refractivity contribution in [2.45, 2.75) is 12.8 Å². The van der Waals surface area contributed by atoms with Gasteiger partial charge in [0.05, 0.1) is 7.11 Å². The summed E-state index contributed by atoms with van der Waals surface area (Å²) in [6.45, 7) is 0. The standard InChI is InChI=1S/C22H20N4O2/c1-27-19-10-9-17(8-7-16-11-13-23-14-12-16)20(15-19)21-25-26-22(28-21)24-18-5-3-2-4-6-18/h2-6,9-15H,7-8H2,1H3,(H,24,26). The Morgan fingerprint density at radius 3 is 2.54 bits per heavy atom. The van der Waals surface area contributed by atoms with Gasteiger partial charge in [0.25, 0.3) is 0 Å². The maximum Gasteiger partial charge on any atom is 0.320 e. The number of nitrogens with zero attached hydrogens (tertiary/aromatic N) is 3.